The Morgan fingerprint density at radius 1 is 0.909 bits per heavy atom. The van der Waals surface area contributed by atoms with Crippen molar-refractivity contribution in [3.63, 3.8) is 0 Å². The van der Waals surface area contributed by atoms with Gasteiger partial charge in [-0.25, -0.2) is 0 Å². The number of rotatable bonds is 3. The molecule has 2 aromatic rings. The van der Waals surface area contributed by atoms with Gasteiger partial charge >= 0.3 is 146 Å². The van der Waals surface area contributed by atoms with Crippen LogP contribution in [0.15, 0.2) is 60.7 Å². The molecule has 0 aromatic heterocycles. The first-order chi connectivity index (χ1) is 10.6. The molecule has 1 N–H and O–H groups in total. The van der Waals surface area contributed by atoms with E-state index in [1.54, 1.807) is 0 Å². The summed E-state index contributed by atoms with van der Waals surface area (Å²) < 4.78 is -0.0420. The van der Waals surface area contributed by atoms with Crippen LogP contribution < -0.4 is 0 Å². The van der Waals surface area contributed by atoms with Crippen molar-refractivity contribution in [1.82, 2.24) is 0 Å². The summed E-state index contributed by atoms with van der Waals surface area (Å²) in [5.74, 6) is 0. The molecule has 116 valence electrons. The zero-order valence-corrected chi connectivity index (χ0v) is 16.4. The zero-order chi connectivity index (χ0) is 15.6. The summed E-state index contributed by atoms with van der Waals surface area (Å²) >= 11 is 0.826. The number of hydrogen-bond acceptors (Lipinski definition) is 1. The third-order valence-electron chi connectivity index (χ3n) is 4.07. The zero-order valence-electron chi connectivity index (χ0n) is 13.0. The molecule has 0 spiro atoms. The third kappa shape index (κ3) is 3.20. The molecular formula is C19H22OSe2. The molecule has 0 radical (unpaired) electrons. The second-order valence-electron chi connectivity index (χ2n) is 5.94. The van der Waals surface area contributed by atoms with Crippen molar-refractivity contribution in [2.24, 2.45) is 0 Å². The van der Waals surface area contributed by atoms with Crippen LogP contribution in [0.5, 0.6) is 0 Å². The van der Waals surface area contributed by atoms with Gasteiger partial charge in [-0.2, -0.15) is 0 Å². The van der Waals surface area contributed by atoms with E-state index >= 15 is 0 Å². The molecule has 0 aliphatic carbocycles. The number of aliphatic hydroxyl groups excluding tert-OH is 1. The maximum atomic E-state index is 11.3. The Bertz CT molecular complexity index is 589. The molecule has 1 fully saturated rings. The van der Waals surface area contributed by atoms with Crippen molar-refractivity contribution < 1.29 is 5.11 Å². The first-order valence-corrected chi connectivity index (χ1v) is 11.4. The molecule has 0 amide bonds. The first kappa shape index (κ1) is 16.3. The second-order valence-corrected chi connectivity index (χ2v) is 14.3. The molecule has 0 bridgehead atoms. The molecule has 0 saturated carbocycles. The van der Waals surface area contributed by atoms with Gasteiger partial charge in [-0.15, -0.1) is 0 Å². The third-order valence-corrected chi connectivity index (χ3v) is 12.1. The molecule has 1 nitrogen and oxygen atoms in total. The average molecular weight is 424 g/mol. The summed E-state index contributed by atoms with van der Waals surface area (Å²) in [6.45, 7) is 4.72. The summed E-state index contributed by atoms with van der Waals surface area (Å²) in [4.78, 5) is 1.44. The van der Waals surface area contributed by atoms with Gasteiger partial charge in [-0.1, -0.05) is 0 Å². The van der Waals surface area contributed by atoms with E-state index in [4.69, 9.17) is 0 Å². The van der Waals surface area contributed by atoms with Gasteiger partial charge in [-0.05, 0) is 0 Å². The Hall–Kier alpha value is -0.561. The van der Waals surface area contributed by atoms with Crippen LogP contribution >= 0.6 is 0 Å². The van der Waals surface area contributed by atoms with Gasteiger partial charge in [0.05, 0.1) is 0 Å². The van der Waals surface area contributed by atoms with Gasteiger partial charge < -0.3 is 0 Å². The molecule has 3 heteroatoms. The van der Waals surface area contributed by atoms with Crippen molar-refractivity contribution in [2.45, 2.75) is 39.2 Å². The summed E-state index contributed by atoms with van der Waals surface area (Å²) in [5.41, 5.74) is 2.40. The number of aliphatic hydroxyl groups is 1. The Morgan fingerprint density at radius 3 is 1.95 bits per heavy atom. The first-order valence-electron chi connectivity index (χ1n) is 7.76. The molecule has 2 aromatic carbocycles. The van der Waals surface area contributed by atoms with Crippen LogP contribution in [-0.4, -0.2) is 35.0 Å². The van der Waals surface area contributed by atoms with Crippen molar-refractivity contribution in [1.29, 1.82) is 0 Å². The Morgan fingerprint density at radius 2 is 1.41 bits per heavy atom. The van der Waals surface area contributed by atoms with Crippen LogP contribution in [0, 0.1) is 0 Å². The van der Waals surface area contributed by atoms with Crippen molar-refractivity contribution in [3.05, 3.63) is 71.8 Å². The quantitative estimate of drug-likeness (QED) is 0.739. The summed E-state index contributed by atoms with van der Waals surface area (Å²) in [6.07, 6.45) is 0.928. The molecular weight excluding hydrogens is 402 g/mol. The fourth-order valence-corrected chi connectivity index (χ4v) is 14.4. The van der Waals surface area contributed by atoms with E-state index in [1.807, 2.05) is 18.2 Å². The van der Waals surface area contributed by atoms with Gasteiger partial charge in [0.25, 0.3) is 0 Å². The van der Waals surface area contributed by atoms with E-state index in [2.05, 4.69) is 56.3 Å². The molecule has 1 aliphatic rings. The molecule has 1 heterocycles. The van der Waals surface area contributed by atoms with E-state index in [0.29, 0.717) is 29.9 Å². The van der Waals surface area contributed by atoms with Crippen LogP contribution in [-0.2, 0) is 3.21 Å². The maximum absolute atomic E-state index is 11.3. The van der Waals surface area contributed by atoms with E-state index in [0.717, 1.165) is 15.2 Å². The normalized spacial score (nSPS) is 30.0. The van der Waals surface area contributed by atoms with Crippen LogP contribution in [0.2, 0.25) is 9.63 Å². The van der Waals surface area contributed by atoms with Crippen molar-refractivity contribution in [2.75, 3.05) is 0 Å². The van der Waals surface area contributed by atoms with E-state index in [1.165, 1.54) is 12.0 Å². The molecule has 1 saturated heterocycles. The predicted molar refractivity (Wildman–Crippen MR) is 94.5 cm³/mol. The van der Waals surface area contributed by atoms with E-state index < -0.39 is 0 Å². The van der Waals surface area contributed by atoms with Crippen molar-refractivity contribution >= 4 is 29.9 Å². The van der Waals surface area contributed by atoms with Crippen molar-refractivity contribution in [3.8, 4) is 0 Å². The van der Waals surface area contributed by atoms with Crippen LogP contribution in [0.25, 0.3) is 0 Å². The van der Waals surface area contributed by atoms with E-state index in [9.17, 15) is 5.11 Å². The average Bonchev–Trinajstić information content (AvgIpc) is 2.55. The molecule has 2 unspecified atom stereocenters. The molecule has 3 rings (SSSR count). The molecule has 4 atom stereocenters. The monoisotopic (exact) mass is 426 g/mol. The van der Waals surface area contributed by atoms with Gasteiger partial charge in [0, 0.05) is 0 Å². The minimum atomic E-state index is -0.388. The van der Waals surface area contributed by atoms with Crippen LogP contribution in [0.4, 0.5) is 0 Å². The minimum absolute atomic E-state index is 0.0420. The summed E-state index contributed by atoms with van der Waals surface area (Å²) in [5, 5.41) is 11.3. The SMILES string of the molecule is C[C@@H]1C[C@H](C)[Se]C(c2ccccc2)(C(O)c2ccccc2)[Se]1. The van der Waals surface area contributed by atoms with Gasteiger partial charge in [0.2, 0.25) is 0 Å². The standard InChI is InChI=1S/C19H22OSe2/c1-14-13-15(2)22-19(21-14,17-11-7-4-8-12-17)18(20)16-9-5-3-6-10-16/h3-12,14-15,18,20H,13H2,1-2H3/t14-,15+,18?,19?. The fourth-order valence-electron chi connectivity index (χ4n) is 3.14. The number of benzene rings is 2. The predicted octanol–water partition coefficient (Wildman–Crippen LogP) is 4.00. The topological polar surface area (TPSA) is 20.2 Å². The Balaban J connectivity index is 2.07. The Kier molecular flexibility index (Phi) is 5.12. The number of hydrogen-bond donors (Lipinski definition) is 1. The fraction of sp³-hybridized carbons (Fsp3) is 0.368. The summed E-state index contributed by atoms with van der Waals surface area (Å²) in [6, 6.07) is 21.0. The second kappa shape index (κ2) is 6.91. The Labute approximate surface area is 145 Å². The van der Waals surface area contributed by atoms with Gasteiger partial charge in [0.15, 0.2) is 0 Å². The van der Waals surface area contributed by atoms with Crippen LogP contribution in [0.3, 0.4) is 0 Å². The molecule has 1 aliphatic heterocycles. The van der Waals surface area contributed by atoms with E-state index in [-0.39, 0.29) is 9.32 Å². The molecule has 22 heavy (non-hydrogen) atoms. The van der Waals surface area contributed by atoms with Gasteiger partial charge in [-0.3, -0.25) is 0 Å². The van der Waals surface area contributed by atoms with Crippen LogP contribution in [0.1, 0.15) is 37.5 Å². The summed E-state index contributed by atoms with van der Waals surface area (Å²) in [7, 11) is 0. The van der Waals surface area contributed by atoms with Gasteiger partial charge in [0.1, 0.15) is 0 Å².